The van der Waals surface area contributed by atoms with Crippen molar-refractivity contribution >= 4 is 5.96 Å². The standard InChI is InChI=1S/C14H25N3/c1-2-17-12(15)16-11-14(17)9-7-13(8-10-14)5-3-4-6-13/h2-11H2,1H3,(H2,15,16). The third kappa shape index (κ3) is 1.66. The van der Waals surface area contributed by atoms with Gasteiger partial charge < -0.3 is 10.6 Å². The van der Waals surface area contributed by atoms with Gasteiger partial charge in [0.2, 0.25) is 0 Å². The second-order valence-corrected chi connectivity index (χ2v) is 6.35. The van der Waals surface area contributed by atoms with Crippen molar-refractivity contribution in [2.45, 2.75) is 63.8 Å². The summed E-state index contributed by atoms with van der Waals surface area (Å²) in [6.45, 7) is 4.17. The van der Waals surface area contributed by atoms with Gasteiger partial charge in [0.25, 0.3) is 0 Å². The van der Waals surface area contributed by atoms with Crippen LogP contribution in [0, 0.1) is 5.41 Å². The summed E-state index contributed by atoms with van der Waals surface area (Å²) < 4.78 is 0. The van der Waals surface area contributed by atoms with E-state index in [0.29, 0.717) is 11.0 Å². The van der Waals surface area contributed by atoms with E-state index in [4.69, 9.17) is 5.73 Å². The number of rotatable bonds is 1. The highest BCUT2D eigenvalue weighted by molar-refractivity contribution is 5.81. The van der Waals surface area contributed by atoms with Crippen LogP contribution in [-0.4, -0.2) is 29.5 Å². The van der Waals surface area contributed by atoms with Crippen LogP contribution in [0.3, 0.4) is 0 Å². The quantitative estimate of drug-likeness (QED) is 0.758. The van der Waals surface area contributed by atoms with Crippen molar-refractivity contribution in [3.05, 3.63) is 0 Å². The van der Waals surface area contributed by atoms with Gasteiger partial charge in [-0.2, -0.15) is 0 Å². The van der Waals surface area contributed by atoms with Crippen molar-refractivity contribution in [2.75, 3.05) is 13.1 Å². The number of nitrogens with zero attached hydrogens (tertiary/aromatic N) is 2. The molecule has 96 valence electrons. The van der Waals surface area contributed by atoms with Gasteiger partial charge >= 0.3 is 0 Å². The van der Waals surface area contributed by atoms with Gasteiger partial charge in [-0.25, -0.2) is 0 Å². The molecule has 2 N–H and O–H groups in total. The highest BCUT2D eigenvalue weighted by Crippen LogP contribution is 2.53. The minimum absolute atomic E-state index is 0.298. The van der Waals surface area contributed by atoms with Crippen LogP contribution in [0.25, 0.3) is 0 Å². The summed E-state index contributed by atoms with van der Waals surface area (Å²) >= 11 is 0. The largest absolute Gasteiger partial charge is 0.370 e. The lowest BCUT2D eigenvalue weighted by atomic mass is 9.66. The van der Waals surface area contributed by atoms with Gasteiger partial charge in [-0.1, -0.05) is 12.8 Å². The van der Waals surface area contributed by atoms with E-state index in [1.54, 1.807) is 0 Å². The minimum atomic E-state index is 0.298. The van der Waals surface area contributed by atoms with Crippen molar-refractivity contribution in [1.29, 1.82) is 0 Å². The van der Waals surface area contributed by atoms with E-state index < -0.39 is 0 Å². The predicted octanol–water partition coefficient (Wildman–Crippen LogP) is 2.51. The van der Waals surface area contributed by atoms with Gasteiger partial charge in [-0.3, -0.25) is 4.99 Å². The fourth-order valence-corrected chi connectivity index (χ4v) is 4.44. The molecular weight excluding hydrogens is 210 g/mol. The Morgan fingerprint density at radius 2 is 1.76 bits per heavy atom. The van der Waals surface area contributed by atoms with E-state index in [1.807, 2.05) is 0 Å². The topological polar surface area (TPSA) is 41.6 Å². The first kappa shape index (κ1) is 11.4. The molecule has 2 saturated carbocycles. The Morgan fingerprint density at radius 1 is 1.12 bits per heavy atom. The summed E-state index contributed by atoms with van der Waals surface area (Å²) in [7, 11) is 0. The first-order valence-corrected chi connectivity index (χ1v) is 7.27. The fourth-order valence-electron chi connectivity index (χ4n) is 4.44. The fraction of sp³-hybridized carbons (Fsp3) is 0.929. The highest BCUT2D eigenvalue weighted by atomic mass is 15.4. The van der Waals surface area contributed by atoms with Crippen molar-refractivity contribution in [3.8, 4) is 0 Å². The summed E-state index contributed by atoms with van der Waals surface area (Å²) in [6, 6.07) is 0. The average molecular weight is 235 g/mol. The Hall–Kier alpha value is -0.730. The average Bonchev–Trinajstić information content (AvgIpc) is 2.91. The maximum atomic E-state index is 6.02. The number of likely N-dealkylation sites (N-methyl/N-ethyl adjacent to an activating group) is 1. The molecule has 0 saturated heterocycles. The van der Waals surface area contributed by atoms with E-state index in [2.05, 4.69) is 16.8 Å². The van der Waals surface area contributed by atoms with Crippen molar-refractivity contribution in [3.63, 3.8) is 0 Å². The maximum absolute atomic E-state index is 6.02. The number of aliphatic imine (C=N–C) groups is 1. The molecule has 0 amide bonds. The van der Waals surface area contributed by atoms with E-state index in [1.165, 1.54) is 51.4 Å². The molecule has 0 unspecified atom stereocenters. The molecule has 17 heavy (non-hydrogen) atoms. The molecule has 1 aliphatic heterocycles. The third-order valence-corrected chi connectivity index (χ3v) is 5.61. The Labute approximate surface area is 104 Å². The number of hydrogen-bond donors (Lipinski definition) is 1. The summed E-state index contributed by atoms with van der Waals surface area (Å²) in [6.07, 6.45) is 11.3. The molecule has 1 heterocycles. The summed E-state index contributed by atoms with van der Waals surface area (Å²) in [5, 5.41) is 0. The molecule has 3 nitrogen and oxygen atoms in total. The van der Waals surface area contributed by atoms with Crippen LogP contribution in [0.2, 0.25) is 0 Å². The molecule has 2 fully saturated rings. The van der Waals surface area contributed by atoms with Gasteiger partial charge in [0.1, 0.15) is 0 Å². The lowest BCUT2D eigenvalue weighted by Crippen LogP contribution is -2.54. The Balaban J connectivity index is 1.72. The summed E-state index contributed by atoms with van der Waals surface area (Å²) in [5.74, 6) is 0.787. The number of guanidine groups is 1. The van der Waals surface area contributed by atoms with Crippen LogP contribution in [0.5, 0.6) is 0 Å². The summed E-state index contributed by atoms with van der Waals surface area (Å²) in [5.41, 5.74) is 7.02. The number of nitrogens with two attached hydrogens (primary N) is 1. The molecule has 0 aromatic carbocycles. The van der Waals surface area contributed by atoms with Crippen molar-refractivity contribution in [1.82, 2.24) is 4.90 Å². The molecule has 3 rings (SSSR count). The molecule has 2 spiro atoms. The normalized spacial score (nSPS) is 30.2. The maximum Gasteiger partial charge on any atom is 0.191 e. The van der Waals surface area contributed by atoms with Gasteiger partial charge in [-0.05, 0) is 50.9 Å². The molecule has 0 aromatic rings. The van der Waals surface area contributed by atoms with E-state index >= 15 is 0 Å². The molecule has 0 aromatic heterocycles. The van der Waals surface area contributed by atoms with Gasteiger partial charge in [0.05, 0.1) is 12.1 Å². The van der Waals surface area contributed by atoms with Gasteiger partial charge in [0, 0.05) is 6.54 Å². The summed E-state index contributed by atoms with van der Waals surface area (Å²) in [4.78, 5) is 6.87. The van der Waals surface area contributed by atoms with Gasteiger partial charge in [-0.15, -0.1) is 0 Å². The molecule has 0 radical (unpaired) electrons. The number of hydrogen-bond acceptors (Lipinski definition) is 3. The van der Waals surface area contributed by atoms with Crippen LogP contribution < -0.4 is 5.73 Å². The SMILES string of the molecule is CCN1C(N)=NCC12CCC1(CCCC1)CC2. The smallest absolute Gasteiger partial charge is 0.191 e. The zero-order valence-corrected chi connectivity index (χ0v) is 11.0. The highest BCUT2D eigenvalue weighted by Gasteiger charge is 2.48. The Bertz CT molecular complexity index is 318. The Morgan fingerprint density at radius 3 is 2.35 bits per heavy atom. The zero-order chi connectivity index (χ0) is 11.9. The van der Waals surface area contributed by atoms with Crippen LogP contribution in [0.15, 0.2) is 4.99 Å². The molecule has 0 atom stereocenters. The van der Waals surface area contributed by atoms with Crippen LogP contribution in [0.1, 0.15) is 58.3 Å². The van der Waals surface area contributed by atoms with Gasteiger partial charge in [0.15, 0.2) is 5.96 Å². The zero-order valence-electron chi connectivity index (χ0n) is 11.0. The van der Waals surface area contributed by atoms with Crippen molar-refractivity contribution in [2.24, 2.45) is 16.1 Å². The van der Waals surface area contributed by atoms with Crippen LogP contribution >= 0.6 is 0 Å². The van der Waals surface area contributed by atoms with Crippen LogP contribution in [-0.2, 0) is 0 Å². The van der Waals surface area contributed by atoms with E-state index in [0.717, 1.165) is 19.0 Å². The Kier molecular flexibility index (Phi) is 2.60. The first-order valence-electron chi connectivity index (χ1n) is 7.27. The molecular formula is C14H25N3. The van der Waals surface area contributed by atoms with Crippen molar-refractivity contribution < 1.29 is 0 Å². The molecule has 0 bridgehead atoms. The van der Waals surface area contributed by atoms with E-state index in [-0.39, 0.29) is 0 Å². The molecule has 3 heteroatoms. The van der Waals surface area contributed by atoms with Crippen LogP contribution in [0.4, 0.5) is 0 Å². The van der Waals surface area contributed by atoms with E-state index in [9.17, 15) is 0 Å². The minimum Gasteiger partial charge on any atom is -0.370 e. The third-order valence-electron chi connectivity index (χ3n) is 5.61. The predicted molar refractivity (Wildman–Crippen MR) is 71.0 cm³/mol. The monoisotopic (exact) mass is 235 g/mol. The molecule has 2 aliphatic carbocycles. The molecule has 3 aliphatic rings. The second kappa shape index (κ2) is 3.89. The first-order chi connectivity index (χ1) is 8.20. The lowest BCUT2D eigenvalue weighted by molar-refractivity contribution is 0.0696. The lowest BCUT2D eigenvalue weighted by Gasteiger charge is -2.47. The second-order valence-electron chi connectivity index (χ2n) is 6.35.